The SMILES string of the molecule is Cc1cc(C2(c3ccc(O)cc3)C(=O)Nc3cc(Cc4ccccc4Cl)ccc32)cc(C)c1O. The predicted octanol–water partition coefficient (Wildman–Crippen LogP) is 6.25. The van der Waals surface area contributed by atoms with Crippen LogP contribution in [0.15, 0.2) is 78.9 Å². The van der Waals surface area contributed by atoms with Gasteiger partial charge in [0.15, 0.2) is 0 Å². The van der Waals surface area contributed by atoms with E-state index in [1.54, 1.807) is 24.3 Å². The molecule has 0 bridgehead atoms. The Labute approximate surface area is 203 Å². The smallest absolute Gasteiger partial charge is 0.244 e. The molecule has 1 heterocycles. The van der Waals surface area contributed by atoms with E-state index in [0.717, 1.165) is 33.5 Å². The molecule has 34 heavy (non-hydrogen) atoms. The Hall–Kier alpha value is -3.76. The summed E-state index contributed by atoms with van der Waals surface area (Å²) in [5.41, 5.74) is 5.41. The number of halogens is 1. The third-order valence-corrected chi connectivity index (χ3v) is 7.02. The van der Waals surface area contributed by atoms with Crippen molar-refractivity contribution >= 4 is 23.2 Å². The van der Waals surface area contributed by atoms with Crippen LogP contribution in [-0.2, 0) is 16.6 Å². The topological polar surface area (TPSA) is 69.6 Å². The highest BCUT2D eigenvalue weighted by Gasteiger charge is 2.50. The molecule has 0 radical (unpaired) electrons. The fourth-order valence-electron chi connectivity index (χ4n) is 4.96. The molecule has 4 aromatic carbocycles. The monoisotopic (exact) mass is 469 g/mol. The lowest BCUT2D eigenvalue weighted by Gasteiger charge is -2.30. The van der Waals surface area contributed by atoms with Gasteiger partial charge in [0.2, 0.25) is 5.91 Å². The maximum absolute atomic E-state index is 13.8. The second-order valence-electron chi connectivity index (χ2n) is 8.86. The van der Waals surface area contributed by atoms with Crippen LogP contribution in [0.1, 0.15) is 38.9 Å². The summed E-state index contributed by atoms with van der Waals surface area (Å²) in [6.45, 7) is 3.66. The average molecular weight is 470 g/mol. The number of aryl methyl sites for hydroxylation is 2. The fourth-order valence-corrected chi connectivity index (χ4v) is 5.16. The molecule has 5 rings (SSSR count). The maximum Gasteiger partial charge on any atom is 0.244 e. The van der Waals surface area contributed by atoms with E-state index in [0.29, 0.717) is 22.6 Å². The molecule has 0 saturated carbocycles. The molecule has 1 atom stereocenters. The molecule has 4 nitrogen and oxygen atoms in total. The van der Waals surface area contributed by atoms with Crippen LogP contribution in [-0.4, -0.2) is 16.1 Å². The number of carbonyl (C=O) groups excluding carboxylic acids is 1. The molecule has 4 aromatic rings. The van der Waals surface area contributed by atoms with Gasteiger partial charge in [-0.2, -0.15) is 0 Å². The van der Waals surface area contributed by atoms with Crippen molar-refractivity contribution in [3.8, 4) is 11.5 Å². The molecule has 0 aliphatic carbocycles. The molecule has 1 aliphatic rings. The number of nitrogens with one attached hydrogen (secondary N) is 1. The number of benzene rings is 4. The van der Waals surface area contributed by atoms with E-state index in [2.05, 4.69) is 5.32 Å². The largest absolute Gasteiger partial charge is 0.508 e. The first-order valence-electron chi connectivity index (χ1n) is 11.1. The molecule has 1 aliphatic heterocycles. The fraction of sp³-hybridized carbons (Fsp3) is 0.138. The van der Waals surface area contributed by atoms with E-state index in [1.165, 1.54) is 0 Å². The molecule has 0 saturated heterocycles. The first kappa shape index (κ1) is 22.1. The first-order chi connectivity index (χ1) is 16.3. The Morgan fingerprint density at radius 2 is 1.53 bits per heavy atom. The lowest BCUT2D eigenvalue weighted by atomic mass is 9.69. The summed E-state index contributed by atoms with van der Waals surface area (Å²) in [5.74, 6) is 0.177. The predicted molar refractivity (Wildman–Crippen MR) is 135 cm³/mol. The Balaban J connectivity index is 1.70. The zero-order chi connectivity index (χ0) is 24.0. The van der Waals surface area contributed by atoms with Crippen molar-refractivity contribution in [3.63, 3.8) is 0 Å². The number of phenols is 2. The van der Waals surface area contributed by atoms with Gasteiger partial charge in [0.05, 0.1) is 0 Å². The third kappa shape index (κ3) is 3.42. The lowest BCUT2D eigenvalue weighted by Crippen LogP contribution is -2.37. The molecule has 1 unspecified atom stereocenters. The number of phenolic OH excluding ortho intramolecular Hbond substituents is 2. The maximum atomic E-state index is 13.8. The Morgan fingerprint density at radius 3 is 2.21 bits per heavy atom. The van der Waals surface area contributed by atoms with E-state index < -0.39 is 5.41 Å². The molecular weight excluding hydrogens is 446 g/mol. The number of aromatic hydroxyl groups is 2. The number of carbonyl (C=O) groups is 1. The van der Waals surface area contributed by atoms with Crippen molar-refractivity contribution in [1.82, 2.24) is 0 Å². The van der Waals surface area contributed by atoms with Crippen LogP contribution >= 0.6 is 11.6 Å². The molecular formula is C29H24ClNO3. The summed E-state index contributed by atoms with van der Waals surface area (Å²) in [7, 11) is 0. The summed E-state index contributed by atoms with van der Waals surface area (Å²) in [4.78, 5) is 13.8. The zero-order valence-electron chi connectivity index (χ0n) is 18.9. The van der Waals surface area contributed by atoms with Crippen LogP contribution in [0.5, 0.6) is 11.5 Å². The number of fused-ring (bicyclic) bond motifs is 1. The van der Waals surface area contributed by atoms with Crippen molar-refractivity contribution in [2.75, 3.05) is 5.32 Å². The molecule has 0 fully saturated rings. The Kier molecular flexibility index (Phi) is 5.34. The van der Waals surface area contributed by atoms with Gasteiger partial charge in [-0.15, -0.1) is 0 Å². The molecule has 0 aromatic heterocycles. The first-order valence-corrected chi connectivity index (χ1v) is 11.5. The van der Waals surface area contributed by atoms with Crippen LogP contribution in [0.3, 0.4) is 0 Å². The van der Waals surface area contributed by atoms with Crippen molar-refractivity contribution in [1.29, 1.82) is 0 Å². The van der Waals surface area contributed by atoms with Gasteiger partial charge in [-0.3, -0.25) is 4.79 Å². The Bertz CT molecular complexity index is 1400. The second kappa shape index (κ2) is 8.23. The van der Waals surface area contributed by atoms with Crippen molar-refractivity contribution in [2.45, 2.75) is 25.7 Å². The molecule has 3 N–H and O–H groups in total. The standard InChI is InChI=1S/C29H24ClNO3/c1-17-13-22(14-18(2)27(17)33)29(21-8-10-23(32)11-9-21)24-12-7-19(16-26(24)31-28(29)34)15-20-5-3-4-6-25(20)30/h3-14,16,32-33H,15H2,1-2H3,(H,31,34). The summed E-state index contributed by atoms with van der Waals surface area (Å²) in [6, 6.07) is 24.2. The zero-order valence-corrected chi connectivity index (χ0v) is 19.6. The third-order valence-electron chi connectivity index (χ3n) is 6.65. The average Bonchev–Trinajstić information content (AvgIpc) is 3.11. The summed E-state index contributed by atoms with van der Waals surface area (Å²) >= 11 is 6.36. The number of hydrogen-bond donors (Lipinski definition) is 3. The van der Waals surface area contributed by atoms with Crippen LogP contribution in [0.4, 0.5) is 5.69 Å². The van der Waals surface area contributed by atoms with Crippen molar-refractivity contribution in [3.05, 3.63) is 123 Å². The van der Waals surface area contributed by atoms with E-state index in [1.807, 2.05) is 68.4 Å². The quantitative estimate of drug-likeness (QED) is 0.331. The summed E-state index contributed by atoms with van der Waals surface area (Å²) < 4.78 is 0. The van der Waals surface area contributed by atoms with E-state index in [9.17, 15) is 15.0 Å². The number of amides is 1. The van der Waals surface area contributed by atoms with Crippen molar-refractivity contribution < 1.29 is 15.0 Å². The highest BCUT2D eigenvalue weighted by Crippen LogP contribution is 2.49. The second-order valence-corrected chi connectivity index (χ2v) is 9.26. The van der Waals surface area contributed by atoms with Gasteiger partial charge in [-0.1, -0.05) is 66.2 Å². The molecule has 0 spiro atoms. The highest BCUT2D eigenvalue weighted by atomic mass is 35.5. The van der Waals surface area contributed by atoms with E-state index >= 15 is 0 Å². The normalized spacial score (nSPS) is 16.9. The van der Waals surface area contributed by atoms with Gasteiger partial charge in [-0.05, 0) is 77.9 Å². The number of anilines is 1. The van der Waals surface area contributed by atoms with E-state index in [4.69, 9.17) is 11.6 Å². The lowest BCUT2D eigenvalue weighted by molar-refractivity contribution is -0.118. The Morgan fingerprint density at radius 1 is 0.853 bits per heavy atom. The van der Waals surface area contributed by atoms with Crippen LogP contribution < -0.4 is 5.32 Å². The van der Waals surface area contributed by atoms with Gasteiger partial charge in [0.25, 0.3) is 0 Å². The van der Waals surface area contributed by atoms with Crippen LogP contribution in [0.2, 0.25) is 5.02 Å². The summed E-state index contributed by atoms with van der Waals surface area (Å²) in [5, 5.41) is 24.1. The number of hydrogen-bond acceptors (Lipinski definition) is 3. The highest BCUT2D eigenvalue weighted by molar-refractivity contribution is 6.31. The minimum absolute atomic E-state index is 0.130. The van der Waals surface area contributed by atoms with Gasteiger partial charge in [-0.25, -0.2) is 0 Å². The van der Waals surface area contributed by atoms with Gasteiger partial charge in [0.1, 0.15) is 16.9 Å². The van der Waals surface area contributed by atoms with Gasteiger partial charge in [0, 0.05) is 16.3 Å². The summed E-state index contributed by atoms with van der Waals surface area (Å²) in [6.07, 6.45) is 0.645. The molecule has 170 valence electrons. The number of rotatable bonds is 4. The molecule has 1 amide bonds. The van der Waals surface area contributed by atoms with Gasteiger partial charge < -0.3 is 15.5 Å². The molecule has 5 heteroatoms. The van der Waals surface area contributed by atoms with Gasteiger partial charge >= 0.3 is 0 Å². The minimum atomic E-state index is -1.12. The van der Waals surface area contributed by atoms with Crippen LogP contribution in [0.25, 0.3) is 0 Å². The van der Waals surface area contributed by atoms with E-state index in [-0.39, 0.29) is 17.4 Å². The minimum Gasteiger partial charge on any atom is -0.508 e. The van der Waals surface area contributed by atoms with Crippen molar-refractivity contribution in [2.24, 2.45) is 0 Å². The van der Waals surface area contributed by atoms with Crippen LogP contribution in [0, 0.1) is 13.8 Å².